The van der Waals surface area contributed by atoms with Crippen molar-refractivity contribution in [1.29, 1.82) is 0 Å². The second-order valence-corrected chi connectivity index (χ2v) is 6.85. The molecule has 0 bridgehead atoms. The minimum atomic E-state index is -0.347. The van der Waals surface area contributed by atoms with E-state index in [1.807, 2.05) is 42.5 Å². The first kappa shape index (κ1) is 19.6. The van der Waals surface area contributed by atoms with Gasteiger partial charge < -0.3 is 10.1 Å². The molecule has 0 saturated carbocycles. The summed E-state index contributed by atoms with van der Waals surface area (Å²) in [6.45, 7) is 0.295. The van der Waals surface area contributed by atoms with Crippen molar-refractivity contribution < 1.29 is 9.53 Å². The van der Waals surface area contributed by atoms with Crippen LogP contribution < -0.4 is 10.1 Å². The fraction of sp³-hybridized carbons (Fsp3) is 0.0909. The van der Waals surface area contributed by atoms with E-state index in [4.69, 9.17) is 16.3 Å². The lowest BCUT2D eigenvalue weighted by Crippen LogP contribution is -2.24. The van der Waals surface area contributed by atoms with Gasteiger partial charge in [-0.05, 0) is 42.5 Å². The molecule has 4 aromatic rings. The molecule has 8 heteroatoms. The lowest BCUT2D eigenvalue weighted by Gasteiger charge is -2.10. The number of hydrogen-bond donors (Lipinski definition) is 1. The zero-order chi connectivity index (χ0) is 20.9. The van der Waals surface area contributed by atoms with Crippen molar-refractivity contribution in [2.24, 2.45) is 0 Å². The lowest BCUT2D eigenvalue weighted by molar-refractivity contribution is 0.0946. The minimum absolute atomic E-state index is 0.202. The highest BCUT2D eigenvalue weighted by Gasteiger charge is 2.22. The number of nitrogens with one attached hydrogen (secondary N) is 1. The van der Waals surface area contributed by atoms with E-state index in [1.165, 1.54) is 0 Å². The highest BCUT2D eigenvalue weighted by molar-refractivity contribution is 6.30. The highest BCUT2D eigenvalue weighted by Crippen LogP contribution is 2.25. The van der Waals surface area contributed by atoms with E-state index in [0.29, 0.717) is 23.0 Å². The molecular weight excluding hydrogens is 402 g/mol. The van der Waals surface area contributed by atoms with E-state index in [-0.39, 0.29) is 11.6 Å². The predicted molar refractivity (Wildman–Crippen MR) is 114 cm³/mol. The van der Waals surface area contributed by atoms with E-state index in [1.54, 1.807) is 42.4 Å². The average Bonchev–Trinajstić information content (AvgIpc) is 3.24. The largest absolute Gasteiger partial charge is 0.496 e. The first-order valence-corrected chi connectivity index (χ1v) is 9.57. The SMILES string of the molecule is COc1ccccc1CNC(=O)c1nnn(-c2ccc(Cl)cc2)c1-c1cccnc1. The number of para-hydroxylation sites is 1. The van der Waals surface area contributed by atoms with Crippen molar-refractivity contribution in [3.05, 3.63) is 89.3 Å². The molecule has 0 aliphatic rings. The molecule has 1 N–H and O–H groups in total. The molecule has 4 rings (SSSR count). The Labute approximate surface area is 178 Å². The van der Waals surface area contributed by atoms with Crippen LogP contribution in [-0.2, 0) is 6.54 Å². The van der Waals surface area contributed by atoms with Gasteiger partial charge in [0.25, 0.3) is 5.91 Å². The molecule has 0 aliphatic carbocycles. The maximum atomic E-state index is 13.0. The summed E-state index contributed by atoms with van der Waals surface area (Å²) >= 11 is 6.01. The number of methoxy groups -OCH3 is 1. The molecule has 7 nitrogen and oxygen atoms in total. The van der Waals surface area contributed by atoms with Crippen LogP contribution in [0, 0.1) is 0 Å². The van der Waals surface area contributed by atoms with Gasteiger partial charge in [0, 0.05) is 35.1 Å². The van der Waals surface area contributed by atoms with Crippen LogP contribution >= 0.6 is 11.6 Å². The van der Waals surface area contributed by atoms with E-state index in [0.717, 1.165) is 16.8 Å². The van der Waals surface area contributed by atoms with Crippen molar-refractivity contribution in [2.45, 2.75) is 6.54 Å². The second kappa shape index (κ2) is 8.75. The van der Waals surface area contributed by atoms with Crippen LogP contribution in [0.1, 0.15) is 16.1 Å². The molecule has 2 aromatic carbocycles. The third kappa shape index (κ3) is 4.01. The van der Waals surface area contributed by atoms with Crippen molar-refractivity contribution >= 4 is 17.5 Å². The number of carbonyl (C=O) groups is 1. The summed E-state index contributed by atoms with van der Waals surface area (Å²) in [4.78, 5) is 17.2. The van der Waals surface area contributed by atoms with Gasteiger partial charge in [0.15, 0.2) is 5.69 Å². The van der Waals surface area contributed by atoms with Crippen molar-refractivity contribution in [3.63, 3.8) is 0 Å². The Bertz CT molecular complexity index is 1160. The molecule has 0 unspecified atom stereocenters. The molecular formula is C22H18ClN5O2. The number of nitrogens with zero attached hydrogens (tertiary/aromatic N) is 4. The van der Waals surface area contributed by atoms with E-state index in [9.17, 15) is 4.79 Å². The Kier molecular flexibility index (Phi) is 5.72. The molecule has 0 saturated heterocycles. The Hall–Kier alpha value is -3.71. The molecule has 150 valence electrons. The highest BCUT2D eigenvalue weighted by atomic mass is 35.5. The summed E-state index contributed by atoms with van der Waals surface area (Å²) < 4.78 is 6.95. The molecule has 0 aliphatic heterocycles. The third-order valence-corrected chi connectivity index (χ3v) is 4.78. The summed E-state index contributed by atoms with van der Waals surface area (Å²) in [6.07, 6.45) is 3.34. The average molecular weight is 420 g/mol. The van der Waals surface area contributed by atoms with Gasteiger partial charge in [-0.3, -0.25) is 9.78 Å². The minimum Gasteiger partial charge on any atom is -0.496 e. The quantitative estimate of drug-likeness (QED) is 0.512. The topological polar surface area (TPSA) is 81.9 Å². The Balaban J connectivity index is 1.69. The van der Waals surface area contributed by atoms with Gasteiger partial charge >= 0.3 is 0 Å². The molecule has 0 fully saturated rings. The van der Waals surface area contributed by atoms with Gasteiger partial charge in [-0.25, -0.2) is 4.68 Å². The summed E-state index contributed by atoms with van der Waals surface area (Å²) in [7, 11) is 1.60. The normalized spacial score (nSPS) is 10.6. The summed E-state index contributed by atoms with van der Waals surface area (Å²) in [5, 5.41) is 11.9. The smallest absolute Gasteiger partial charge is 0.274 e. The Morgan fingerprint density at radius 1 is 1.10 bits per heavy atom. The Morgan fingerprint density at radius 3 is 2.63 bits per heavy atom. The van der Waals surface area contributed by atoms with Crippen LogP contribution in [-0.4, -0.2) is 33.0 Å². The molecule has 1 amide bonds. The van der Waals surface area contributed by atoms with E-state index in [2.05, 4.69) is 20.6 Å². The van der Waals surface area contributed by atoms with Gasteiger partial charge in [0.1, 0.15) is 11.4 Å². The lowest BCUT2D eigenvalue weighted by atomic mass is 10.1. The number of carbonyl (C=O) groups excluding carboxylic acids is 1. The standard InChI is InChI=1S/C22H18ClN5O2/c1-30-19-7-3-2-5-15(19)14-25-22(29)20-21(16-6-4-12-24-13-16)28(27-26-20)18-10-8-17(23)9-11-18/h2-13H,14H2,1H3,(H,25,29). The molecule has 0 atom stereocenters. The number of rotatable bonds is 6. The number of halogens is 1. The van der Waals surface area contributed by atoms with Crippen molar-refractivity contribution in [2.75, 3.05) is 7.11 Å². The van der Waals surface area contributed by atoms with Crippen LogP contribution in [0.5, 0.6) is 5.75 Å². The number of pyridine rings is 1. The second-order valence-electron chi connectivity index (χ2n) is 6.41. The summed E-state index contributed by atoms with van der Waals surface area (Å²) in [5.41, 5.74) is 3.06. The molecule has 0 spiro atoms. The molecule has 0 radical (unpaired) electrons. The predicted octanol–water partition coefficient (Wildman–Crippen LogP) is 3.92. The zero-order valence-electron chi connectivity index (χ0n) is 16.1. The Morgan fingerprint density at radius 2 is 1.90 bits per heavy atom. The maximum Gasteiger partial charge on any atom is 0.274 e. The number of amides is 1. The molecule has 30 heavy (non-hydrogen) atoms. The van der Waals surface area contributed by atoms with Crippen LogP contribution in [0.4, 0.5) is 0 Å². The number of ether oxygens (including phenoxy) is 1. The van der Waals surface area contributed by atoms with Crippen LogP contribution in [0.25, 0.3) is 16.9 Å². The monoisotopic (exact) mass is 419 g/mol. The third-order valence-electron chi connectivity index (χ3n) is 4.52. The van der Waals surface area contributed by atoms with Crippen LogP contribution in [0.15, 0.2) is 73.1 Å². The van der Waals surface area contributed by atoms with Crippen molar-refractivity contribution in [3.8, 4) is 22.7 Å². The number of benzene rings is 2. The van der Waals surface area contributed by atoms with Crippen LogP contribution in [0.2, 0.25) is 5.02 Å². The van der Waals surface area contributed by atoms with Gasteiger partial charge in [-0.1, -0.05) is 35.0 Å². The summed E-state index contributed by atoms with van der Waals surface area (Å²) in [5.74, 6) is 0.357. The molecule has 2 aromatic heterocycles. The van der Waals surface area contributed by atoms with Gasteiger partial charge in [0.05, 0.1) is 12.8 Å². The van der Waals surface area contributed by atoms with Gasteiger partial charge in [-0.2, -0.15) is 0 Å². The zero-order valence-corrected chi connectivity index (χ0v) is 16.9. The van der Waals surface area contributed by atoms with Gasteiger partial charge in [0.2, 0.25) is 0 Å². The van der Waals surface area contributed by atoms with Crippen molar-refractivity contribution in [1.82, 2.24) is 25.3 Å². The number of hydrogen-bond acceptors (Lipinski definition) is 5. The fourth-order valence-electron chi connectivity index (χ4n) is 3.07. The first-order chi connectivity index (χ1) is 14.7. The fourth-order valence-corrected chi connectivity index (χ4v) is 3.19. The first-order valence-electron chi connectivity index (χ1n) is 9.19. The maximum absolute atomic E-state index is 13.0. The van der Waals surface area contributed by atoms with E-state index >= 15 is 0 Å². The summed E-state index contributed by atoms with van der Waals surface area (Å²) in [6, 6.07) is 18.3. The number of aromatic nitrogens is 4. The van der Waals surface area contributed by atoms with Crippen LogP contribution in [0.3, 0.4) is 0 Å². The van der Waals surface area contributed by atoms with Gasteiger partial charge in [-0.15, -0.1) is 5.10 Å². The molecule has 2 heterocycles. The van der Waals surface area contributed by atoms with E-state index < -0.39 is 0 Å².